The van der Waals surface area contributed by atoms with Crippen molar-refractivity contribution in [3.63, 3.8) is 0 Å². The number of sulfonamides is 1. The van der Waals surface area contributed by atoms with Crippen LogP contribution < -0.4 is 9.46 Å². The summed E-state index contributed by atoms with van der Waals surface area (Å²) in [6, 6.07) is 1.71. The molecular weight excluding hydrogens is 252 g/mol. The third kappa shape index (κ3) is 3.60. The lowest BCUT2D eigenvalue weighted by atomic mass is 10.1. The summed E-state index contributed by atoms with van der Waals surface area (Å²) in [6.07, 6.45) is 5.02. The lowest BCUT2D eigenvalue weighted by Gasteiger charge is -2.14. The van der Waals surface area contributed by atoms with Gasteiger partial charge in [-0.3, -0.25) is 9.71 Å². The van der Waals surface area contributed by atoms with Gasteiger partial charge < -0.3 is 4.74 Å². The molecule has 0 atom stereocenters. The van der Waals surface area contributed by atoms with Crippen molar-refractivity contribution >= 4 is 15.7 Å². The first-order valence-electron chi connectivity index (χ1n) is 5.99. The van der Waals surface area contributed by atoms with Crippen molar-refractivity contribution in [1.29, 1.82) is 0 Å². The van der Waals surface area contributed by atoms with Crippen LogP contribution in [-0.4, -0.2) is 25.8 Å². The summed E-state index contributed by atoms with van der Waals surface area (Å²) in [4.78, 5) is 4.29. The van der Waals surface area contributed by atoms with Crippen LogP contribution in [0.5, 0.6) is 5.75 Å². The Morgan fingerprint density at radius 2 is 2.11 bits per heavy atom. The van der Waals surface area contributed by atoms with Crippen molar-refractivity contribution in [2.24, 2.45) is 0 Å². The van der Waals surface area contributed by atoms with E-state index in [9.17, 15) is 8.42 Å². The predicted molar refractivity (Wildman–Crippen MR) is 70.4 cm³/mol. The van der Waals surface area contributed by atoms with Crippen LogP contribution in [0.1, 0.15) is 38.3 Å². The van der Waals surface area contributed by atoms with Crippen molar-refractivity contribution in [2.75, 3.05) is 11.0 Å². The Bertz CT molecular complexity index is 536. The van der Waals surface area contributed by atoms with Gasteiger partial charge in [-0.15, -0.1) is 0 Å². The van der Waals surface area contributed by atoms with Gasteiger partial charge in [0.2, 0.25) is 10.0 Å². The highest BCUT2D eigenvalue weighted by atomic mass is 32.2. The van der Waals surface area contributed by atoms with Gasteiger partial charge in [0, 0.05) is 6.07 Å². The van der Waals surface area contributed by atoms with E-state index >= 15 is 0 Å². The number of hydrogen-bond donors (Lipinski definition) is 1. The molecule has 0 spiro atoms. The molecule has 0 saturated heterocycles. The number of anilines is 1. The topological polar surface area (TPSA) is 68.3 Å². The molecule has 0 bridgehead atoms. The molecule has 1 aromatic heterocycles. The Kier molecular flexibility index (Phi) is 3.47. The lowest BCUT2D eigenvalue weighted by Crippen LogP contribution is -2.11. The van der Waals surface area contributed by atoms with Gasteiger partial charge in [0.25, 0.3) is 0 Å². The van der Waals surface area contributed by atoms with Crippen molar-refractivity contribution in [3.05, 3.63) is 18.0 Å². The molecule has 6 heteroatoms. The second kappa shape index (κ2) is 4.76. The van der Waals surface area contributed by atoms with Crippen LogP contribution in [-0.2, 0) is 10.0 Å². The number of hydrogen-bond acceptors (Lipinski definition) is 4. The molecule has 1 aliphatic carbocycles. The Labute approximate surface area is 108 Å². The summed E-state index contributed by atoms with van der Waals surface area (Å²) >= 11 is 0. The summed E-state index contributed by atoms with van der Waals surface area (Å²) < 4.78 is 30.6. The number of pyridine rings is 1. The van der Waals surface area contributed by atoms with Crippen LogP contribution in [0.4, 0.5) is 5.69 Å². The monoisotopic (exact) mass is 270 g/mol. The summed E-state index contributed by atoms with van der Waals surface area (Å²) in [5.74, 6) is 0.923. The fraction of sp³-hybridized carbons (Fsp3) is 0.583. The fourth-order valence-electron chi connectivity index (χ4n) is 1.62. The minimum atomic E-state index is -3.29. The molecule has 1 heterocycles. The predicted octanol–water partition coefficient (Wildman–Crippen LogP) is 2.12. The van der Waals surface area contributed by atoms with Gasteiger partial charge >= 0.3 is 0 Å². The van der Waals surface area contributed by atoms with E-state index in [1.807, 2.05) is 13.8 Å². The van der Waals surface area contributed by atoms with Crippen LogP contribution >= 0.6 is 0 Å². The first-order chi connectivity index (χ1) is 8.35. The molecule has 0 aromatic carbocycles. The molecule has 18 heavy (non-hydrogen) atoms. The minimum Gasteiger partial charge on any atom is -0.488 e. The van der Waals surface area contributed by atoms with E-state index in [1.165, 1.54) is 6.20 Å². The van der Waals surface area contributed by atoms with Gasteiger partial charge in [0.15, 0.2) is 0 Å². The Hall–Kier alpha value is -1.30. The zero-order valence-corrected chi connectivity index (χ0v) is 11.6. The van der Waals surface area contributed by atoms with Gasteiger partial charge in [0.1, 0.15) is 5.75 Å². The molecule has 1 aliphatic rings. The molecule has 5 nitrogen and oxygen atoms in total. The highest BCUT2D eigenvalue weighted by Gasteiger charge is 2.25. The van der Waals surface area contributed by atoms with Gasteiger partial charge in [-0.1, -0.05) is 13.8 Å². The molecule has 1 N–H and O–H groups in total. The highest BCUT2D eigenvalue weighted by Crippen LogP contribution is 2.33. The number of ether oxygens (including phenoxy) is 1. The Morgan fingerprint density at radius 3 is 2.61 bits per heavy atom. The molecule has 1 saturated carbocycles. The molecule has 1 aromatic rings. The zero-order chi connectivity index (χ0) is 13.3. The van der Waals surface area contributed by atoms with E-state index in [1.54, 1.807) is 6.07 Å². The zero-order valence-electron chi connectivity index (χ0n) is 10.8. The van der Waals surface area contributed by atoms with Crippen molar-refractivity contribution in [1.82, 2.24) is 4.98 Å². The van der Waals surface area contributed by atoms with E-state index in [2.05, 4.69) is 9.71 Å². The van der Waals surface area contributed by atoms with Crippen LogP contribution in [0, 0.1) is 0 Å². The third-order valence-corrected chi connectivity index (χ3v) is 3.16. The first-order valence-corrected chi connectivity index (χ1v) is 7.88. The smallest absolute Gasteiger partial charge is 0.229 e. The van der Waals surface area contributed by atoms with Gasteiger partial charge in [0.05, 0.1) is 29.9 Å². The molecule has 2 rings (SSSR count). The average Bonchev–Trinajstić information content (AvgIpc) is 2.98. The van der Waals surface area contributed by atoms with Crippen LogP contribution in [0.15, 0.2) is 12.3 Å². The second-order valence-electron chi connectivity index (χ2n) is 4.95. The van der Waals surface area contributed by atoms with E-state index in [0.717, 1.165) is 24.8 Å². The normalized spacial score (nSPS) is 15.8. The quantitative estimate of drug-likeness (QED) is 0.889. The van der Waals surface area contributed by atoms with Gasteiger partial charge in [-0.25, -0.2) is 8.42 Å². The maximum atomic E-state index is 11.2. The molecular formula is C12H18N2O3S. The number of nitrogens with zero attached hydrogens (tertiary/aromatic N) is 1. The van der Waals surface area contributed by atoms with E-state index in [-0.39, 0.29) is 12.0 Å². The molecule has 0 aliphatic heterocycles. The molecule has 0 unspecified atom stereocenters. The number of rotatable bonds is 5. The maximum absolute atomic E-state index is 11.2. The van der Waals surface area contributed by atoms with Crippen molar-refractivity contribution in [2.45, 2.75) is 38.7 Å². The van der Waals surface area contributed by atoms with E-state index in [4.69, 9.17) is 4.74 Å². The van der Waals surface area contributed by atoms with E-state index < -0.39 is 10.0 Å². The average molecular weight is 270 g/mol. The lowest BCUT2D eigenvalue weighted by molar-refractivity contribution is 0.297. The van der Waals surface area contributed by atoms with Gasteiger partial charge in [-0.05, 0) is 18.8 Å². The summed E-state index contributed by atoms with van der Waals surface area (Å²) in [5.41, 5.74) is 1.30. The van der Waals surface area contributed by atoms with Crippen LogP contribution in [0.25, 0.3) is 0 Å². The van der Waals surface area contributed by atoms with Crippen molar-refractivity contribution in [3.8, 4) is 5.75 Å². The molecule has 0 amide bonds. The van der Waals surface area contributed by atoms with Crippen LogP contribution in [0.2, 0.25) is 0 Å². The molecule has 0 radical (unpaired) electrons. The van der Waals surface area contributed by atoms with Gasteiger partial charge in [-0.2, -0.15) is 0 Å². The third-order valence-electron chi connectivity index (χ3n) is 2.55. The number of nitrogens with one attached hydrogen (secondary N) is 1. The largest absolute Gasteiger partial charge is 0.488 e. The maximum Gasteiger partial charge on any atom is 0.229 e. The Morgan fingerprint density at radius 1 is 1.44 bits per heavy atom. The summed E-state index contributed by atoms with van der Waals surface area (Å²) in [7, 11) is -3.29. The summed E-state index contributed by atoms with van der Waals surface area (Å²) in [5, 5.41) is 0. The Balaban J connectivity index is 2.28. The minimum absolute atomic E-state index is 0.242. The SMILES string of the molecule is CC(C)c1ncc(NS(C)(=O)=O)cc1OC1CC1. The van der Waals surface area contributed by atoms with E-state index in [0.29, 0.717) is 11.4 Å². The number of aromatic nitrogens is 1. The molecule has 1 fully saturated rings. The van der Waals surface area contributed by atoms with Crippen molar-refractivity contribution < 1.29 is 13.2 Å². The summed E-state index contributed by atoms with van der Waals surface area (Å²) in [6.45, 7) is 4.07. The molecule has 100 valence electrons. The van der Waals surface area contributed by atoms with Crippen LogP contribution in [0.3, 0.4) is 0 Å². The second-order valence-corrected chi connectivity index (χ2v) is 6.70. The highest BCUT2D eigenvalue weighted by molar-refractivity contribution is 7.92. The first kappa shape index (κ1) is 13.1. The standard InChI is InChI=1S/C12H18N2O3S/c1-8(2)12-11(17-10-4-5-10)6-9(7-13-12)14-18(3,15)16/h6-8,10,14H,4-5H2,1-3H3. The fourth-order valence-corrected chi connectivity index (χ4v) is 2.16.